The molecule has 0 amide bonds. The molecule has 0 fully saturated rings. The molecule has 0 spiro atoms. The number of aryl methyl sites for hydroxylation is 1. The maximum atomic E-state index is 6.54. The minimum atomic E-state index is 0. The topological polar surface area (TPSA) is 115 Å². The van der Waals surface area contributed by atoms with Gasteiger partial charge in [-0.1, -0.05) is 123 Å². The van der Waals surface area contributed by atoms with Crippen molar-refractivity contribution in [3.63, 3.8) is 0 Å². The summed E-state index contributed by atoms with van der Waals surface area (Å²) < 4.78 is 6.54. The first-order chi connectivity index (χ1) is 25.7. The Kier molecular flexibility index (Phi) is 8.32. The van der Waals surface area contributed by atoms with Crippen molar-refractivity contribution in [2.75, 3.05) is 0 Å². The Morgan fingerprint density at radius 2 is 0.925 bits per heavy atom. The van der Waals surface area contributed by atoms with Gasteiger partial charge in [0.2, 0.25) is 0 Å². The molecule has 9 nitrogen and oxygen atoms in total. The van der Waals surface area contributed by atoms with Crippen molar-refractivity contribution < 1.29 is 24.2 Å². The molecule has 10 heteroatoms. The van der Waals surface area contributed by atoms with Gasteiger partial charge in [0.15, 0.2) is 0 Å². The van der Waals surface area contributed by atoms with Gasteiger partial charge in [0.05, 0.1) is 28.9 Å². The molecule has 250 valence electrons. The van der Waals surface area contributed by atoms with Gasteiger partial charge in [-0.05, 0) is 51.6 Å². The molecule has 2 aliphatic rings. The molecule has 5 aromatic carbocycles. The molecule has 0 atom stereocenters. The number of hydrogen-bond acceptors (Lipinski definition) is 7. The van der Waals surface area contributed by atoms with Crippen molar-refractivity contribution in [2.24, 2.45) is 0 Å². The second-order valence-electron chi connectivity index (χ2n) is 13.0. The van der Waals surface area contributed by atoms with Gasteiger partial charge in [0, 0.05) is 39.3 Å². The van der Waals surface area contributed by atoms with Crippen LogP contribution < -0.4 is 14.7 Å². The van der Waals surface area contributed by atoms with Gasteiger partial charge in [-0.2, -0.15) is 0 Å². The van der Waals surface area contributed by atoms with E-state index in [0.717, 1.165) is 55.8 Å². The first-order valence-corrected chi connectivity index (χ1v) is 17.5. The van der Waals surface area contributed by atoms with E-state index in [4.69, 9.17) is 44.6 Å². The fourth-order valence-corrected chi connectivity index (χ4v) is 6.99. The number of ether oxygens (including phenoxy) is 1. The van der Waals surface area contributed by atoms with E-state index in [1.54, 1.807) is 0 Å². The Hall–Kier alpha value is -6.12. The van der Waals surface area contributed by atoms with Crippen molar-refractivity contribution in [3.8, 4) is 51.3 Å². The molecule has 53 heavy (non-hydrogen) atoms. The summed E-state index contributed by atoms with van der Waals surface area (Å²) in [5.41, 5.74) is 7.80. The minimum absolute atomic E-state index is 0. The van der Waals surface area contributed by atoms with Gasteiger partial charge in [-0.3, -0.25) is 0 Å². The largest absolute Gasteiger partial charge is 2.00 e. The smallest absolute Gasteiger partial charge is 0.488 e. The third-order valence-corrected chi connectivity index (χ3v) is 9.65. The summed E-state index contributed by atoms with van der Waals surface area (Å²) in [6, 6.07) is 38.5. The number of fused-ring (bicyclic) bond motifs is 20. The van der Waals surface area contributed by atoms with Crippen molar-refractivity contribution >= 4 is 44.1 Å². The van der Waals surface area contributed by atoms with Gasteiger partial charge < -0.3 is 34.6 Å². The Labute approximate surface area is 317 Å². The Balaban J connectivity index is 0.00000372. The van der Waals surface area contributed by atoms with Crippen LogP contribution in [0.4, 0.5) is 0 Å². The quantitative estimate of drug-likeness (QED) is 0.154. The van der Waals surface area contributed by atoms with E-state index in [0.29, 0.717) is 58.2 Å². The summed E-state index contributed by atoms with van der Waals surface area (Å²) >= 11 is 0. The molecule has 8 bridgehead atoms. The van der Waals surface area contributed by atoms with Crippen molar-refractivity contribution in [1.82, 2.24) is 39.9 Å². The summed E-state index contributed by atoms with van der Waals surface area (Å²) in [6.07, 6.45) is 3.43. The summed E-state index contributed by atoms with van der Waals surface area (Å²) in [4.78, 5) is 40.2. The SMILES string of the molecule is CCCCc1ccc(COc2cccc3c2-c2nc-3nc3[n-]c(nc4nc(nc5[n-]c(n2)c2ccccc52)-c2ccccc2-4)c2ccccc32)cc1.[Zn+2]. The first kappa shape index (κ1) is 32.8. The average Bonchev–Trinajstić information content (AvgIpc) is 3.92. The average molecular weight is 740 g/mol. The van der Waals surface area contributed by atoms with Crippen LogP contribution in [0.2, 0.25) is 0 Å². The summed E-state index contributed by atoms with van der Waals surface area (Å²) in [5.74, 6) is 2.68. The molecule has 5 heterocycles. The molecule has 2 aliphatic heterocycles. The van der Waals surface area contributed by atoms with E-state index in [1.165, 1.54) is 18.4 Å². The van der Waals surface area contributed by atoms with Crippen LogP contribution in [0.5, 0.6) is 5.75 Å². The van der Waals surface area contributed by atoms with Crippen molar-refractivity contribution in [1.29, 1.82) is 0 Å². The minimum Gasteiger partial charge on any atom is -0.488 e. The molecule has 0 N–H and O–H groups in total. The van der Waals surface area contributed by atoms with Crippen molar-refractivity contribution in [2.45, 2.75) is 32.8 Å². The molecule has 0 aliphatic carbocycles. The summed E-state index contributed by atoms with van der Waals surface area (Å²) in [6.45, 7) is 2.61. The van der Waals surface area contributed by atoms with Crippen LogP contribution >= 0.6 is 0 Å². The standard InChI is InChI=1S/C43H30N8O.Zn/c1-2-3-11-25-20-22-26(23-21-25)24-52-34-19-10-18-33-35(34)43-50-41-32-17-9-8-16-31(32)39(48-41)46-37-28-13-5-4-12-27(28)36(44-37)45-38-29-14-6-7-15-30(29)40(47-38)49-42(33)51-43;/h4-10,12-23H,2-3,11,24H2,1H3;/q-2;+2. The third-order valence-electron chi connectivity index (χ3n) is 9.65. The van der Waals surface area contributed by atoms with E-state index in [-0.39, 0.29) is 19.5 Å². The Bertz CT molecular complexity index is 2860. The maximum absolute atomic E-state index is 6.54. The molecule has 0 saturated carbocycles. The van der Waals surface area contributed by atoms with Gasteiger partial charge in [0.25, 0.3) is 0 Å². The number of nitrogens with zero attached hydrogens (tertiary/aromatic N) is 8. The number of unbranched alkanes of at least 4 members (excludes halogenated alkanes) is 1. The van der Waals surface area contributed by atoms with Crippen LogP contribution in [0.1, 0.15) is 30.9 Å². The van der Waals surface area contributed by atoms with Crippen LogP contribution in [0.25, 0.3) is 89.7 Å². The van der Waals surface area contributed by atoms with Crippen LogP contribution in [-0.2, 0) is 32.5 Å². The van der Waals surface area contributed by atoms with Crippen LogP contribution in [0.15, 0.2) is 115 Å². The number of benzene rings is 5. The predicted octanol–water partition coefficient (Wildman–Crippen LogP) is 9.05. The Morgan fingerprint density at radius 3 is 1.47 bits per heavy atom. The molecular weight excluding hydrogens is 710 g/mol. The van der Waals surface area contributed by atoms with E-state index in [2.05, 4.69) is 31.2 Å². The fourth-order valence-electron chi connectivity index (χ4n) is 6.99. The second-order valence-corrected chi connectivity index (χ2v) is 13.0. The van der Waals surface area contributed by atoms with Gasteiger partial charge in [0.1, 0.15) is 12.4 Å². The van der Waals surface area contributed by atoms with Gasteiger partial charge in [-0.15, -0.1) is 0 Å². The van der Waals surface area contributed by atoms with Crippen molar-refractivity contribution in [3.05, 3.63) is 126 Å². The van der Waals surface area contributed by atoms with E-state index < -0.39 is 0 Å². The first-order valence-electron chi connectivity index (χ1n) is 17.5. The second kappa shape index (κ2) is 13.5. The molecular formula is C43H30N8OZn. The van der Waals surface area contributed by atoms with E-state index >= 15 is 0 Å². The predicted molar refractivity (Wildman–Crippen MR) is 203 cm³/mol. The summed E-state index contributed by atoms with van der Waals surface area (Å²) in [5, 5.41) is 3.46. The summed E-state index contributed by atoms with van der Waals surface area (Å²) in [7, 11) is 0. The van der Waals surface area contributed by atoms with Gasteiger partial charge in [-0.25, -0.2) is 9.97 Å². The zero-order valence-electron chi connectivity index (χ0n) is 29.0. The maximum Gasteiger partial charge on any atom is 2.00 e. The van der Waals surface area contributed by atoms with Crippen LogP contribution in [0.3, 0.4) is 0 Å². The zero-order chi connectivity index (χ0) is 34.6. The fraction of sp³-hybridized carbons (Fsp3) is 0.116. The number of rotatable bonds is 6. The normalized spacial score (nSPS) is 11.6. The molecule has 3 aromatic heterocycles. The third kappa shape index (κ3) is 5.76. The van der Waals surface area contributed by atoms with Gasteiger partial charge >= 0.3 is 19.5 Å². The Morgan fingerprint density at radius 1 is 0.472 bits per heavy atom. The van der Waals surface area contributed by atoms with E-state index in [1.807, 2.05) is 91.0 Å². The van der Waals surface area contributed by atoms with Crippen LogP contribution in [-0.4, -0.2) is 29.9 Å². The molecule has 0 unspecified atom stereocenters. The number of hydrogen-bond donors (Lipinski definition) is 0. The monoisotopic (exact) mass is 738 g/mol. The molecule has 0 radical (unpaired) electrons. The number of aromatic nitrogens is 8. The zero-order valence-corrected chi connectivity index (χ0v) is 32.0. The molecule has 8 aromatic rings. The molecule has 10 rings (SSSR count). The molecule has 0 saturated heterocycles. The van der Waals surface area contributed by atoms with E-state index in [9.17, 15) is 0 Å². The van der Waals surface area contributed by atoms with Crippen LogP contribution in [0, 0.1) is 0 Å².